The summed E-state index contributed by atoms with van der Waals surface area (Å²) in [5.74, 6) is -1.76. The number of hydrogen-bond acceptors (Lipinski definition) is 6. The fourth-order valence-corrected chi connectivity index (χ4v) is 3.06. The van der Waals surface area contributed by atoms with E-state index >= 15 is 0 Å². The highest BCUT2D eigenvalue weighted by atomic mass is 16.5. The molecule has 0 radical (unpaired) electrons. The fraction of sp³-hybridized carbons (Fsp3) is 0.450. The maximum atomic E-state index is 12.7. The summed E-state index contributed by atoms with van der Waals surface area (Å²) < 4.78 is 11.3. The number of dihydropyridines is 1. The Kier molecular flexibility index (Phi) is 6.98. The van der Waals surface area contributed by atoms with E-state index in [9.17, 15) is 14.8 Å². The Morgan fingerprint density at radius 2 is 1.59 bits per heavy atom. The lowest BCUT2D eigenvalue weighted by Gasteiger charge is -2.30. The molecule has 1 N–H and O–H groups in total. The van der Waals surface area contributed by atoms with Gasteiger partial charge in [-0.2, -0.15) is 4.73 Å². The molecule has 0 saturated carbocycles. The van der Waals surface area contributed by atoms with Gasteiger partial charge in [0.15, 0.2) is 12.4 Å². The molecule has 1 aliphatic rings. The molecule has 7 nitrogen and oxygen atoms in total. The van der Waals surface area contributed by atoms with Gasteiger partial charge in [0.1, 0.15) is 0 Å². The Bertz CT molecular complexity index is 740. The number of rotatable bonds is 7. The fourth-order valence-electron chi connectivity index (χ4n) is 3.06. The van der Waals surface area contributed by atoms with Crippen LogP contribution in [0.25, 0.3) is 0 Å². The van der Waals surface area contributed by atoms with Crippen LogP contribution in [0.1, 0.15) is 52.0 Å². The van der Waals surface area contributed by atoms with Gasteiger partial charge in [-0.15, -0.1) is 0 Å². The summed E-state index contributed by atoms with van der Waals surface area (Å²) in [5, 5.41) is 14.9. The summed E-state index contributed by atoms with van der Waals surface area (Å²) >= 11 is 0. The van der Waals surface area contributed by atoms with Gasteiger partial charge in [-0.25, -0.2) is 9.59 Å². The van der Waals surface area contributed by atoms with Crippen LogP contribution in [0.3, 0.4) is 0 Å². The Hall–Kier alpha value is -2.83. The largest absolute Gasteiger partial charge is 0.619 e. The molecule has 0 atom stereocenters. The molecule has 0 spiro atoms. The monoisotopic (exact) mass is 374 g/mol. The number of nitrogens with one attached hydrogen (secondary N) is 1. The first-order chi connectivity index (χ1) is 12.9. The van der Waals surface area contributed by atoms with Gasteiger partial charge >= 0.3 is 11.9 Å². The Balaban J connectivity index is 2.56. The lowest BCUT2D eigenvalue weighted by Crippen LogP contribution is -2.34. The average Bonchev–Trinajstić information content (AvgIpc) is 2.63. The van der Waals surface area contributed by atoms with Gasteiger partial charge in [0.05, 0.1) is 30.3 Å². The molecule has 0 saturated heterocycles. The summed E-state index contributed by atoms with van der Waals surface area (Å²) in [7, 11) is 0. The van der Waals surface area contributed by atoms with Crippen molar-refractivity contribution < 1.29 is 23.8 Å². The van der Waals surface area contributed by atoms with E-state index in [1.54, 1.807) is 26.0 Å². The molecule has 1 aromatic rings. The molecule has 1 aromatic heterocycles. The maximum absolute atomic E-state index is 12.7. The Morgan fingerprint density at radius 3 is 2.04 bits per heavy atom. The number of aromatic nitrogens is 1. The second-order valence-electron chi connectivity index (χ2n) is 6.40. The summed E-state index contributed by atoms with van der Waals surface area (Å²) in [6, 6.07) is 3.30. The van der Waals surface area contributed by atoms with Crippen LogP contribution in [0.2, 0.25) is 0 Å². The van der Waals surface area contributed by atoms with Gasteiger partial charge in [-0.1, -0.05) is 13.8 Å². The molecule has 7 heteroatoms. The van der Waals surface area contributed by atoms with Gasteiger partial charge in [-0.05, 0) is 32.8 Å². The third-order valence-electron chi connectivity index (χ3n) is 4.21. The molecule has 2 rings (SSSR count). The van der Waals surface area contributed by atoms with E-state index in [0.717, 1.165) is 0 Å². The maximum Gasteiger partial charge on any atom is 0.336 e. The first-order valence-electron chi connectivity index (χ1n) is 9.12. The molecule has 0 fully saturated rings. The third-order valence-corrected chi connectivity index (χ3v) is 4.21. The van der Waals surface area contributed by atoms with Crippen LogP contribution in [0.15, 0.2) is 47.1 Å². The predicted molar refractivity (Wildman–Crippen MR) is 99.2 cm³/mol. The van der Waals surface area contributed by atoms with Crippen molar-refractivity contribution in [1.29, 1.82) is 0 Å². The van der Waals surface area contributed by atoms with Crippen molar-refractivity contribution in [3.05, 3.63) is 57.8 Å². The Labute approximate surface area is 159 Å². The first kappa shape index (κ1) is 20.5. The van der Waals surface area contributed by atoms with E-state index in [2.05, 4.69) is 5.32 Å². The molecular weight excluding hydrogens is 348 g/mol. The number of nitrogens with zero attached hydrogens (tertiary/aromatic N) is 1. The zero-order valence-corrected chi connectivity index (χ0v) is 16.2. The minimum Gasteiger partial charge on any atom is -0.619 e. The lowest BCUT2D eigenvalue weighted by atomic mass is 9.81. The highest BCUT2D eigenvalue weighted by Gasteiger charge is 2.38. The van der Waals surface area contributed by atoms with Gasteiger partial charge < -0.3 is 20.0 Å². The lowest BCUT2D eigenvalue weighted by molar-refractivity contribution is -0.605. The van der Waals surface area contributed by atoms with Crippen LogP contribution in [0.4, 0.5) is 0 Å². The third kappa shape index (κ3) is 4.67. The van der Waals surface area contributed by atoms with Crippen molar-refractivity contribution >= 4 is 11.9 Å². The molecular formula is C20H26N2O5. The molecule has 0 bridgehead atoms. The smallest absolute Gasteiger partial charge is 0.336 e. The molecule has 1 aliphatic heterocycles. The number of pyridine rings is 1. The van der Waals surface area contributed by atoms with Crippen LogP contribution in [-0.2, 0) is 19.1 Å². The second-order valence-corrected chi connectivity index (χ2v) is 6.40. The van der Waals surface area contributed by atoms with Gasteiger partial charge in [0, 0.05) is 23.0 Å². The minimum atomic E-state index is -0.735. The second kappa shape index (κ2) is 9.21. The SMILES string of the molecule is CCCOC(=O)C1=C(C)NC(C)=C(C(=O)OCCC)C1c1ccc[n+]([O-])c1. The topological polar surface area (TPSA) is 91.6 Å². The zero-order chi connectivity index (χ0) is 20.0. The van der Waals surface area contributed by atoms with Crippen LogP contribution in [0.5, 0.6) is 0 Å². The summed E-state index contributed by atoms with van der Waals surface area (Å²) in [4.78, 5) is 25.5. The number of hydrogen-bond donors (Lipinski definition) is 1. The van der Waals surface area contributed by atoms with Crippen LogP contribution in [0, 0.1) is 5.21 Å². The van der Waals surface area contributed by atoms with Gasteiger partial charge in [-0.3, -0.25) is 0 Å². The van der Waals surface area contributed by atoms with Crippen LogP contribution < -0.4 is 10.0 Å². The number of carbonyl (C=O) groups excluding carboxylic acids is 2. The highest BCUT2D eigenvalue weighted by Crippen LogP contribution is 2.38. The summed E-state index contributed by atoms with van der Waals surface area (Å²) in [6.07, 6.45) is 4.07. The molecule has 27 heavy (non-hydrogen) atoms. The van der Waals surface area contributed by atoms with E-state index in [0.29, 0.717) is 45.7 Å². The predicted octanol–water partition coefficient (Wildman–Crippen LogP) is 2.46. The van der Waals surface area contributed by atoms with Gasteiger partial charge in [0.2, 0.25) is 0 Å². The zero-order valence-electron chi connectivity index (χ0n) is 16.2. The molecule has 2 heterocycles. The van der Waals surface area contributed by atoms with Crippen molar-refractivity contribution in [2.24, 2.45) is 0 Å². The van der Waals surface area contributed by atoms with Crippen molar-refractivity contribution in [3.8, 4) is 0 Å². The molecule has 0 unspecified atom stereocenters. The van der Waals surface area contributed by atoms with Crippen molar-refractivity contribution in [2.45, 2.75) is 46.5 Å². The van der Waals surface area contributed by atoms with Gasteiger partial charge in [0.25, 0.3) is 0 Å². The van der Waals surface area contributed by atoms with Crippen molar-refractivity contribution in [2.75, 3.05) is 13.2 Å². The average molecular weight is 374 g/mol. The number of carbonyl (C=O) groups is 2. The van der Waals surface area contributed by atoms with E-state index < -0.39 is 17.9 Å². The van der Waals surface area contributed by atoms with E-state index in [1.165, 1.54) is 12.4 Å². The molecule has 0 amide bonds. The first-order valence-corrected chi connectivity index (χ1v) is 9.12. The summed E-state index contributed by atoms with van der Waals surface area (Å²) in [5.41, 5.74) is 2.32. The van der Waals surface area contributed by atoms with E-state index in [-0.39, 0.29) is 13.2 Å². The minimum absolute atomic E-state index is 0.275. The number of allylic oxidation sites excluding steroid dienone is 2. The Morgan fingerprint density at radius 1 is 1.07 bits per heavy atom. The van der Waals surface area contributed by atoms with Crippen LogP contribution >= 0.6 is 0 Å². The van der Waals surface area contributed by atoms with E-state index in [4.69, 9.17) is 9.47 Å². The molecule has 0 aromatic carbocycles. The van der Waals surface area contributed by atoms with E-state index in [1.807, 2.05) is 13.8 Å². The quantitative estimate of drug-likeness (QED) is 0.448. The standard InChI is InChI=1S/C20H26N2O5/c1-5-10-26-19(23)16-13(3)21-14(4)17(20(24)27-11-6-2)18(16)15-8-7-9-22(25)12-15/h7-9,12,18,21H,5-6,10-11H2,1-4H3. The summed E-state index contributed by atoms with van der Waals surface area (Å²) in [6.45, 7) is 7.86. The number of esters is 2. The molecule has 0 aliphatic carbocycles. The van der Waals surface area contributed by atoms with Crippen molar-refractivity contribution in [3.63, 3.8) is 0 Å². The van der Waals surface area contributed by atoms with Crippen LogP contribution in [-0.4, -0.2) is 25.2 Å². The normalized spacial score (nSPS) is 14.8. The number of ether oxygens (including phenoxy) is 2. The molecule has 146 valence electrons. The van der Waals surface area contributed by atoms with Crippen molar-refractivity contribution in [1.82, 2.24) is 5.32 Å². The highest BCUT2D eigenvalue weighted by molar-refractivity contribution is 5.99.